The lowest BCUT2D eigenvalue weighted by Crippen LogP contribution is -2.45. The van der Waals surface area contributed by atoms with Gasteiger partial charge in [-0.1, -0.05) is 24.3 Å². The number of likely N-dealkylation sites (tertiary alicyclic amines) is 1. The summed E-state index contributed by atoms with van der Waals surface area (Å²) >= 11 is 0. The molecule has 25 heavy (non-hydrogen) atoms. The molecule has 1 spiro atoms. The van der Waals surface area contributed by atoms with Crippen LogP contribution in [-0.2, 0) is 16.1 Å². The Labute approximate surface area is 148 Å². The van der Waals surface area contributed by atoms with Gasteiger partial charge in [0.25, 0.3) is 0 Å². The number of carbonyl (C=O) groups is 2. The molecular formula is C20H26N2O3. The van der Waals surface area contributed by atoms with Gasteiger partial charge in [-0.15, -0.1) is 0 Å². The fraction of sp³-hybridized carbons (Fsp3) is 0.600. The summed E-state index contributed by atoms with van der Waals surface area (Å²) in [6.07, 6.45) is 5.34. The summed E-state index contributed by atoms with van der Waals surface area (Å²) in [5.41, 5.74) is 2.66. The molecule has 1 saturated heterocycles. The zero-order chi connectivity index (χ0) is 17.4. The molecule has 1 N–H and O–H groups in total. The fourth-order valence-electron chi connectivity index (χ4n) is 4.14. The average molecular weight is 342 g/mol. The fourth-order valence-corrected chi connectivity index (χ4v) is 4.14. The van der Waals surface area contributed by atoms with E-state index in [4.69, 9.17) is 4.74 Å². The van der Waals surface area contributed by atoms with Crippen molar-refractivity contribution in [3.8, 4) is 0 Å². The Morgan fingerprint density at radius 1 is 1.20 bits per heavy atom. The highest BCUT2D eigenvalue weighted by Crippen LogP contribution is 2.59. The molecule has 0 unspecified atom stereocenters. The van der Waals surface area contributed by atoms with Crippen LogP contribution in [0.1, 0.15) is 49.1 Å². The topological polar surface area (TPSA) is 58.6 Å². The second-order valence-electron chi connectivity index (χ2n) is 7.80. The van der Waals surface area contributed by atoms with Crippen molar-refractivity contribution in [3.63, 3.8) is 0 Å². The minimum atomic E-state index is -0.0902. The SMILES string of the molecule is COC(=O)[C@@H]1CC12CCN(C(=O)NCc1ccc(C3CC3)cc1)CC2. The lowest BCUT2D eigenvalue weighted by atomic mass is 9.91. The highest BCUT2D eigenvalue weighted by Gasteiger charge is 2.59. The van der Waals surface area contributed by atoms with Crippen molar-refractivity contribution in [2.45, 2.75) is 44.6 Å². The molecule has 2 aliphatic carbocycles. The largest absolute Gasteiger partial charge is 0.469 e. The lowest BCUT2D eigenvalue weighted by molar-refractivity contribution is -0.143. The molecule has 0 bridgehead atoms. The van der Waals surface area contributed by atoms with E-state index in [0.29, 0.717) is 6.54 Å². The number of carbonyl (C=O) groups excluding carboxylic acids is 2. The first kappa shape index (κ1) is 16.4. The van der Waals surface area contributed by atoms with E-state index in [1.54, 1.807) is 0 Å². The molecule has 3 fully saturated rings. The van der Waals surface area contributed by atoms with Crippen molar-refractivity contribution in [1.82, 2.24) is 10.2 Å². The van der Waals surface area contributed by atoms with Crippen molar-refractivity contribution in [3.05, 3.63) is 35.4 Å². The average Bonchev–Trinajstić information content (AvgIpc) is 3.56. The zero-order valence-electron chi connectivity index (χ0n) is 14.8. The number of benzene rings is 1. The summed E-state index contributed by atoms with van der Waals surface area (Å²) in [5, 5.41) is 3.02. The summed E-state index contributed by atoms with van der Waals surface area (Å²) in [7, 11) is 1.45. The molecule has 134 valence electrons. The summed E-state index contributed by atoms with van der Waals surface area (Å²) in [4.78, 5) is 25.9. The van der Waals surface area contributed by atoms with Gasteiger partial charge in [-0.3, -0.25) is 4.79 Å². The Morgan fingerprint density at radius 2 is 1.88 bits per heavy atom. The maximum Gasteiger partial charge on any atom is 0.317 e. The van der Waals surface area contributed by atoms with E-state index in [1.165, 1.54) is 25.5 Å². The maximum absolute atomic E-state index is 12.4. The first-order valence-corrected chi connectivity index (χ1v) is 9.31. The van der Waals surface area contributed by atoms with Crippen molar-refractivity contribution in [2.75, 3.05) is 20.2 Å². The normalized spacial score (nSPS) is 24.0. The number of esters is 1. The number of piperidine rings is 1. The number of rotatable bonds is 4. The van der Waals surface area contributed by atoms with Gasteiger partial charge in [-0.05, 0) is 54.6 Å². The highest BCUT2D eigenvalue weighted by atomic mass is 16.5. The predicted molar refractivity (Wildman–Crippen MR) is 94.0 cm³/mol. The second-order valence-corrected chi connectivity index (χ2v) is 7.80. The van der Waals surface area contributed by atoms with Gasteiger partial charge in [0.15, 0.2) is 0 Å². The number of nitrogens with zero attached hydrogens (tertiary/aromatic N) is 1. The van der Waals surface area contributed by atoms with E-state index in [0.717, 1.165) is 43.8 Å². The number of amides is 2. The Bertz CT molecular complexity index is 658. The highest BCUT2D eigenvalue weighted by molar-refractivity contribution is 5.77. The number of ether oxygens (including phenoxy) is 1. The van der Waals surface area contributed by atoms with E-state index in [9.17, 15) is 9.59 Å². The number of methoxy groups -OCH3 is 1. The van der Waals surface area contributed by atoms with Crippen LogP contribution < -0.4 is 5.32 Å². The van der Waals surface area contributed by atoms with Gasteiger partial charge in [-0.2, -0.15) is 0 Å². The van der Waals surface area contributed by atoms with Crippen molar-refractivity contribution in [1.29, 1.82) is 0 Å². The molecule has 5 nitrogen and oxygen atoms in total. The molecule has 1 atom stereocenters. The Morgan fingerprint density at radius 3 is 2.48 bits per heavy atom. The zero-order valence-corrected chi connectivity index (χ0v) is 14.8. The van der Waals surface area contributed by atoms with E-state index in [2.05, 4.69) is 29.6 Å². The third kappa shape index (κ3) is 3.37. The van der Waals surface area contributed by atoms with Crippen LogP contribution in [0.15, 0.2) is 24.3 Å². The summed E-state index contributed by atoms with van der Waals surface area (Å²) in [5.74, 6) is 0.723. The van der Waals surface area contributed by atoms with Crippen molar-refractivity contribution >= 4 is 12.0 Å². The predicted octanol–water partition coefficient (Wildman–Crippen LogP) is 3.05. The first-order chi connectivity index (χ1) is 12.1. The standard InChI is InChI=1S/C20H26N2O3/c1-25-18(23)17-12-20(17)8-10-22(11-9-20)19(24)21-13-14-2-4-15(5-3-14)16-6-7-16/h2-5,16-17H,6-13H2,1H3,(H,21,24)/t17-/m0/s1. The van der Waals surface area contributed by atoms with Gasteiger partial charge >= 0.3 is 12.0 Å². The van der Waals surface area contributed by atoms with Gasteiger partial charge in [0.2, 0.25) is 0 Å². The van der Waals surface area contributed by atoms with E-state index < -0.39 is 0 Å². The van der Waals surface area contributed by atoms with Crippen molar-refractivity contribution < 1.29 is 14.3 Å². The Balaban J connectivity index is 1.23. The van der Waals surface area contributed by atoms with Crippen LogP contribution in [0.2, 0.25) is 0 Å². The molecule has 0 radical (unpaired) electrons. The van der Waals surface area contributed by atoms with Crippen LogP contribution in [0.25, 0.3) is 0 Å². The van der Waals surface area contributed by atoms with E-state index >= 15 is 0 Å². The van der Waals surface area contributed by atoms with E-state index in [1.807, 2.05) is 4.90 Å². The molecule has 2 amide bonds. The maximum atomic E-state index is 12.4. The molecular weight excluding hydrogens is 316 g/mol. The molecule has 1 aliphatic heterocycles. The van der Waals surface area contributed by atoms with Gasteiger partial charge < -0.3 is 15.0 Å². The van der Waals surface area contributed by atoms with Gasteiger partial charge in [0.1, 0.15) is 0 Å². The minimum absolute atomic E-state index is 0.00334. The molecule has 1 aromatic carbocycles. The molecule has 1 heterocycles. The van der Waals surface area contributed by atoms with Crippen LogP contribution in [0.3, 0.4) is 0 Å². The molecule has 2 saturated carbocycles. The van der Waals surface area contributed by atoms with Crippen molar-refractivity contribution in [2.24, 2.45) is 11.3 Å². The number of nitrogens with one attached hydrogen (secondary N) is 1. The van der Waals surface area contributed by atoms with Crippen LogP contribution in [0.4, 0.5) is 4.79 Å². The minimum Gasteiger partial charge on any atom is -0.469 e. The molecule has 1 aromatic rings. The van der Waals surface area contributed by atoms with Gasteiger partial charge in [0, 0.05) is 19.6 Å². The summed E-state index contributed by atoms with van der Waals surface area (Å²) in [6, 6.07) is 8.60. The number of urea groups is 1. The summed E-state index contributed by atoms with van der Waals surface area (Å²) in [6.45, 7) is 2.01. The monoisotopic (exact) mass is 342 g/mol. The second kappa shape index (κ2) is 6.36. The molecule has 0 aromatic heterocycles. The van der Waals surface area contributed by atoms with Crippen LogP contribution in [-0.4, -0.2) is 37.1 Å². The molecule has 4 rings (SSSR count). The quantitative estimate of drug-likeness (QED) is 0.856. The van der Waals surface area contributed by atoms with Crippen LogP contribution in [0, 0.1) is 11.3 Å². The Hall–Kier alpha value is -2.04. The number of hydrogen-bond acceptors (Lipinski definition) is 3. The third-order valence-electron chi connectivity index (χ3n) is 6.19. The van der Waals surface area contributed by atoms with Crippen LogP contribution in [0.5, 0.6) is 0 Å². The van der Waals surface area contributed by atoms with Gasteiger partial charge in [-0.25, -0.2) is 4.79 Å². The first-order valence-electron chi connectivity index (χ1n) is 9.31. The number of hydrogen-bond donors (Lipinski definition) is 1. The smallest absolute Gasteiger partial charge is 0.317 e. The van der Waals surface area contributed by atoms with E-state index in [-0.39, 0.29) is 23.3 Å². The van der Waals surface area contributed by atoms with Gasteiger partial charge in [0.05, 0.1) is 13.0 Å². The third-order valence-corrected chi connectivity index (χ3v) is 6.19. The molecule has 3 aliphatic rings. The Kier molecular flexibility index (Phi) is 4.18. The van der Waals surface area contributed by atoms with Crippen LogP contribution >= 0.6 is 0 Å². The lowest BCUT2D eigenvalue weighted by Gasteiger charge is -2.32. The molecule has 5 heteroatoms. The summed E-state index contributed by atoms with van der Waals surface area (Å²) < 4.78 is 4.86.